The second kappa shape index (κ2) is 8.08. The van der Waals surface area contributed by atoms with Crippen LogP contribution in [0.25, 0.3) is 0 Å². The van der Waals surface area contributed by atoms with Crippen LogP contribution in [-0.4, -0.2) is 16.0 Å². The number of benzene rings is 1. The zero-order chi connectivity index (χ0) is 16.8. The van der Waals surface area contributed by atoms with Gasteiger partial charge >= 0.3 is 0 Å². The summed E-state index contributed by atoms with van der Waals surface area (Å²) < 4.78 is 5.40. The number of aromatic nitrogens is 2. The number of hydrogen-bond acceptors (Lipinski definition) is 4. The Balaban J connectivity index is 1.57. The minimum Gasteiger partial charge on any atom is -0.348 e. The Morgan fingerprint density at radius 2 is 2.00 bits per heavy atom. The van der Waals surface area contributed by atoms with E-state index in [0.717, 1.165) is 30.7 Å². The van der Waals surface area contributed by atoms with Crippen LogP contribution < -0.4 is 5.32 Å². The van der Waals surface area contributed by atoms with E-state index in [0.29, 0.717) is 18.3 Å². The number of carbonyl (C=O) groups excluding carboxylic acids is 1. The van der Waals surface area contributed by atoms with Crippen molar-refractivity contribution in [1.29, 1.82) is 0 Å². The van der Waals surface area contributed by atoms with E-state index in [9.17, 15) is 4.79 Å². The van der Waals surface area contributed by atoms with Crippen LogP contribution >= 0.6 is 0 Å². The van der Waals surface area contributed by atoms with Gasteiger partial charge in [-0.05, 0) is 24.8 Å². The van der Waals surface area contributed by atoms with Gasteiger partial charge in [-0.25, -0.2) is 0 Å². The van der Waals surface area contributed by atoms with Crippen molar-refractivity contribution in [3.8, 4) is 0 Å². The Labute approximate surface area is 142 Å². The van der Waals surface area contributed by atoms with E-state index in [4.69, 9.17) is 4.52 Å². The number of hydrogen-bond donors (Lipinski definition) is 1. The summed E-state index contributed by atoms with van der Waals surface area (Å²) in [7, 11) is 0. The van der Waals surface area contributed by atoms with E-state index in [1.54, 1.807) is 0 Å². The molecule has 1 aromatic heterocycles. The predicted octanol–water partition coefficient (Wildman–Crippen LogP) is 3.93. The fourth-order valence-electron chi connectivity index (χ4n) is 3.40. The molecule has 0 spiro atoms. The third kappa shape index (κ3) is 4.02. The van der Waals surface area contributed by atoms with Crippen LogP contribution in [0.15, 0.2) is 34.9 Å². The molecule has 1 amide bonds. The van der Waals surface area contributed by atoms with E-state index >= 15 is 0 Å². The molecule has 2 aromatic rings. The van der Waals surface area contributed by atoms with Gasteiger partial charge in [-0.3, -0.25) is 4.79 Å². The average molecular weight is 327 g/mol. The van der Waals surface area contributed by atoms with Gasteiger partial charge in [0, 0.05) is 5.92 Å². The van der Waals surface area contributed by atoms with Crippen molar-refractivity contribution >= 4 is 5.91 Å². The number of amides is 1. The van der Waals surface area contributed by atoms with Gasteiger partial charge in [0.05, 0.1) is 12.5 Å². The van der Waals surface area contributed by atoms with E-state index < -0.39 is 0 Å². The van der Waals surface area contributed by atoms with Crippen LogP contribution in [0.3, 0.4) is 0 Å². The lowest BCUT2D eigenvalue weighted by molar-refractivity contribution is -0.122. The van der Waals surface area contributed by atoms with Gasteiger partial charge in [0.2, 0.25) is 11.8 Å². The first-order valence-electron chi connectivity index (χ1n) is 8.93. The molecule has 1 saturated carbocycles. The Kier molecular flexibility index (Phi) is 5.62. The third-order valence-electron chi connectivity index (χ3n) is 4.79. The molecule has 3 rings (SSSR count). The van der Waals surface area contributed by atoms with Gasteiger partial charge in [-0.1, -0.05) is 61.7 Å². The summed E-state index contributed by atoms with van der Waals surface area (Å²) in [6.45, 7) is 2.34. The second-order valence-corrected chi connectivity index (χ2v) is 6.47. The maximum Gasteiger partial charge on any atom is 0.229 e. The average Bonchev–Trinajstić information content (AvgIpc) is 3.11. The molecule has 0 unspecified atom stereocenters. The first-order chi connectivity index (χ1) is 11.8. The number of carbonyl (C=O) groups is 1. The summed E-state index contributed by atoms with van der Waals surface area (Å²) in [6.07, 6.45) is 6.77. The van der Waals surface area contributed by atoms with Crippen molar-refractivity contribution in [3.05, 3.63) is 47.6 Å². The van der Waals surface area contributed by atoms with Crippen molar-refractivity contribution in [2.45, 2.75) is 63.8 Å². The van der Waals surface area contributed by atoms with Crippen LogP contribution in [0, 0.1) is 0 Å². The SMILES string of the molecule is CC[C@H](C(=O)NCc1noc(C2CCCCC2)n1)c1ccccc1. The van der Waals surface area contributed by atoms with E-state index in [2.05, 4.69) is 15.5 Å². The normalized spacial score (nSPS) is 16.7. The van der Waals surface area contributed by atoms with Crippen LogP contribution in [0.1, 0.15) is 74.6 Å². The van der Waals surface area contributed by atoms with Crippen LogP contribution in [0.2, 0.25) is 0 Å². The van der Waals surface area contributed by atoms with Gasteiger partial charge in [-0.15, -0.1) is 0 Å². The fourth-order valence-corrected chi connectivity index (χ4v) is 3.40. The lowest BCUT2D eigenvalue weighted by Gasteiger charge is -2.17. The lowest BCUT2D eigenvalue weighted by Crippen LogP contribution is -2.29. The quantitative estimate of drug-likeness (QED) is 0.873. The number of nitrogens with one attached hydrogen (secondary N) is 1. The zero-order valence-electron chi connectivity index (χ0n) is 14.2. The summed E-state index contributed by atoms with van der Waals surface area (Å²) in [5, 5.41) is 6.96. The molecule has 1 atom stereocenters. The predicted molar refractivity (Wildman–Crippen MR) is 91.4 cm³/mol. The van der Waals surface area contributed by atoms with Gasteiger partial charge in [0.25, 0.3) is 0 Å². The summed E-state index contributed by atoms with van der Waals surface area (Å²) >= 11 is 0. The van der Waals surface area contributed by atoms with Gasteiger partial charge in [-0.2, -0.15) is 4.98 Å². The maximum absolute atomic E-state index is 12.5. The van der Waals surface area contributed by atoms with Crippen molar-refractivity contribution in [2.75, 3.05) is 0 Å². The molecule has 24 heavy (non-hydrogen) atoms. The molecular weight excluding hydrogens is 302 g/mol. The lowest BCUT2D eigenvalue weighted by atomic mass is 9.89. The van der Waals surface area contributed by atoms with E-state index in [1.165, 1.54) is 19.3 Å². The van der Waals surface area contributed by atoms with Crippen molar-refractivity contribution in [3.63, 3.8) is 0 Å². The summed E-state index contributed by atoms with van der Waals surface area (Å²) in [5.41, 5.74) is 1.04. The molecule has 1 N–H and O–H groups in total. The van der Waals surface area contributed by atoms with Crippen LogP contribution in [0.4, 0.5) is 0 Å². The Morgan fingerprint density at radius 3 is 2.71 bits per heavy atom. The highest BCUT2D eigenvalue weighted by atomic mass is 16.5. The molecule has 1 aliphatic rings. The summed E-state index contributed by atoms with van der Waals surface area (Å²) in [4.78, 5) is 16.9. The molecule has 1 heterocycles. The second-order valence-electron chi connectivity index (χ2n) is 6.47. The van der Waals surface area contributed by atoms with E-state index in [-0.39, 0.29) is 11.8 Å². The standard InChI is InChI=1S/C19H25N3O2/c1-2-16(14-9-5-3-6-10-14)18(23)20-13-17-21-19(24-22-17)15-11-7-4-8-12-15/h3,5-6,9-10,15-16H,2,4,7-8,11-13H2,1H3,(H,20,23)/t16-/m0/s1. The first-order valence-corrected chi connectivity index (χ1v) is 8.93. The van der Waals surface area contributed by atoms with Crippen molar-refractivity contribution in [2.24, 2.45) is 0 Å². The number of rotatable bonds is 6. The summed E-state index contributed by atoms with van der Waals surface area (Å²) in [6, 6.07) is 9.86. The van der Waals surface area contributed by atoms with Crippen LogP contribution in [-0.2, 0) is 11.3 Å². The zero-order valence-corrected chi connectivity index (χ0v) is 14.2. The van der Waals surface area contributed by atoms with Gasteiger partial charge in [0.1, 0.15) is 0 Å². The molecule has 5 nitrogen and oxygen atoms in total. The summed E-state index contributed by atoms with van der Waals surface area (Å²) in [5.74, 6) is 1.55. The molecule has 0 saturated heterocycles. The number of nitrogens with zero attached hydrogens (tertiary/aromatic N) is 2. The molecule has 0 bridgehead atoms. The highest BCUT2D eigenvalue weighted by molar-refractivity contribution is 5.83. The highest BCUT2D eigenvalue weighted by Crippen LogP contribution is 2.31. The molecule has 0 aliphatic heterocycles. The molecule has 128 valence electrons. The van der Waals surface area contributed by atoms with Crippen LogP contribution in [0.5, 0.6) is 0 Å². The minimum atomic E-state index is -0.143. The Morgan fingerprint density at radius 1 is 1.25 bits per heavy atom. The van der Waals surface area contributed by atoms with Crippen molar-refractivity contribution < 1.29 is 9.32 Å². The largest absolute Gasteiger partial charge is 0.348 e. The smallest absolute Gasteiger partial charge is 0.229 e. The Hall–Kier alpha value is -2.17. The van der Waals surface area contributed by atoms with Gasteiger partial charge < -0.3 is 9.84 Å². The molecule has 5 heteroatoms. The fraction of sp³-hybridized carbons (Fsp3) is 0.526. The Bertz CT molecular complexity index is 648. The first kappa shape index (κ1) is 16.7. The van der Waals surface area contributed by atoms with Crippen molar-refractivity contribution in [1.82, 2.24) is 15.5 Å². The van der Waals surface area contributed by atoms with E-state index in [1.807, 2.05) is 37.3 Å². The molecule has 1 fully saturated rings. The minimum absolute atomic E-state index is 0.00714. The third-order valence-corrected chi connectivity index (χ3v) is 4.79. The van der Waals surface area contributed by atoms with Gasteiger partial charge in [0.15, 0.2) is 5.82 Å². The molecular formula is C19H25N3O2. The maximum atomic E-state index is 12.5. The highest BCUT2D eigenvalue weighted by Gasteiger charge is 2.22. The topological polar surface area (TPSA) is 68.0 Å². The monoisotopic (exact) mass is 327 g/mol. The molecule has 0 radical (unpaired) electrons. The molecule has 1 aliphatic carbocycles. The molecule has 1 aromatic carbocycles.